The summed E-state index contributed by atoms with van der Waals surface area (Å²) in [6.45, 7) is 2.75. The van der Waals surface area contributed by atoms with Crippen LogP contribution in [-0.4, -0.2) is 50.4 Å². The zero-order valence-corrected chi connectivity index (χ0v) is 16.3. The highest BCUT2D eigenvalue weighted by Gasteiger charge is 2.18. The second kappa shape index (κ2) is 8.72. The number of anilines is 2. The van der Waals surface area contributed by atoms with Crippen LogP contribution in [0.4, 0.5) is 11.5 Å². The second-order valence-corrected chi connectivity index (χ2v) is 7.95. The third kappa shape index (κ3) is 5.31. The normalized spacial score (nSPS) is 15.0. The first-order valence-electron chi connectivity index (χ1n) is 8.83. The smallest absolute Gasteiger partial charge is 0.267 e. The number of nitrogens with zero attached hydrogens (tertiary/aromatic N) is 4. The first kappa shape index (κ1) is 20.3. The molecule has 150 valence electrons. The van der Waals surface area contributed by atoms with E-state index >= 15 is 0 Å². The lowest BCUT2D eigenvalue weighted by molar-refractivity contribution is -0.112. The van der Waals surface area contributed by atoms with Gasteiger partial charge in [0.05, 0.1) is 4.90 Å². The minimum Gasteiger partial charge on any atom is -0.373 e. The highest BCUT2D eigenvalue weighted by atomic mass is 32.2. The zero-order chi connectivity index (χ0) is 20.9. The molecule has 0 saturated carbocycles. The second-order valence-electron chi connectivity index (χ2n) is 6.39. The molecule has 10 heteroatoms. The van der Waals surface area contributed by atoms with Gasteiger partial charge in [0, 0.05) is 44.3 Å². The number of aromatic nitrogens is 1. The molecule has 3 N–H and O–H groups in total. The molecule has 1 amide bonds. The highest BCUT2D eigenvalue weighted by molar-refractivity contribution is 7.89. The Hall–Kier alpha value is -3.42. The van der Waals surface area contributed by atoms with Crippen LogP contribution in [0.25, 0.3) is 0 Å². The first-order valence-corrected chi connectivity index (χ1v) is 10.4. The Morgan fingerprint density at radius 1 is 1.14 bits per heavy atom. The predicted octanol–water partition coefficient (Wildman–Crippen LogP) is 0.897. The Kier molecular flexibility index (Phi) is 6.11. The van der Waals surface area contributed by atoms with Crippen LogP contribution in [0.3, 0.4) is 0 Å². The van der Waals surface area contributed by atoms with Gasteiger partial charge in [-0.2, -0.15) is 5.26 Å². The van der Waals surface area contributed by atoms with Gasteiger partial charge in [0.15, 0.2) is 0 Å². The fourth-order valence-corrected chi connectivity index (χ4v) is 3.38. The van der Waals surface area contributed by atoms with E-state index in [0.29, 0.717) is 18.8 Å². The van der Waals surface area contributed by atoms with E-state index < -0.39 is 15.9 Å². The van der Waals surface area contributed by atoms with Gasteiger partial charge in [-0.3, -0.25) is 4.79 Å². The van der Waals surface area contributed by atoms with Gasteiger partial charge in [-0.1, -0.05) is 6.07 Å². The summed E-state index contributed by atoms with van der Waals surface area (Å²) in [4.78, 5) is 20.7. The van der Waals surface area contributed by atoms with Gasteiger partial charge in [0.1, 0.15) is 17.5 Å². The lowest BCUT2D eigenvalue weighted by Crippen LogP contribution is -2.44. The number of pyridine rings is 1. The number of carbonyl (C=O) groups is 1. The Labute approximate surface area is 169 Å². The van der Waals surface area contributed by atoms with Crippen molar-refractivity contribution < 1.29 is 13.2 Å². The molecule has 1 aliphatic rings. The number of carbonyl (C=O) groups excluding carboxylic acids is 1. The monoisotopic (exact) mass is 412 g/mol. The van der Waals surface area contributed by atoms with Crippen LogP contribution in [0.5, 0.6) is 0 Å². The summed E-state index contributed by atoms with van der Waals surface area (Å²) in [5.74, 6) is 0.334. The van der Waals surface area contributed by atoms with Crippen molar-refractivity contribution in [3.8, 4) is 6.07 Å². The molecule has 0 bridgehead atoms. The molecule has 0 radical (unpaired) electrons. The minimum atomic E-state index is -3.80. The van der Waals surface area contributed by atoms with Crippen LogP contribution >= 0.6 is 0 Å². The van der Waals surface area contributed by atoms with Gasteiger partial charge in [-0.05, 0) is 36.4 Å². The fourth-order valence-electron chi connectivity index (χ4n) is 2.87. The molecule has 1 saturated heterocycles. The third-order valence-electron chi connectivity index (χ3n) is 4.41. The molecule has 2 heterocycles. The maximum Gasteiger partial charge on any atom is 0.267 e. The minimum absolute atomic E-state index is 0.0354. The Morgan fingerprint density at radius 2 is 1.83 bits per heavy atom. The summed E-state index contributed by atoms with van der Waals surface area (Å²) < 4.78 is 22.6. The van der Waals surface area contributed by atoms with E-state index in [1.165, 1.54) is 24.3 Å². The van der Waals surface area contributed by atoms with Crippen molar-refractivity contribution in [1.82, 2.24) is 9.88 Å². The van der Waals surface area contributed by atoms with Gasteiger partial charge >= 0.3 is 0 Å². The third-order valence-corrected chi connectivity index (χ3v) is 5.33. The molecule has 0 atom stereocenters. The van der Waals surface area contributed by atoms with E-state index in [0.717, 1.165) is 18.9 Å². The molecule has 0 aliphatic carbocycles. The van der Waals surface area contributed by atoms with Crippen molar-refractivity contribution in [3.05, 3.63) is 60.4 Å². The number of hydrogen-bond donors (Lipinski definition) is 2. The van der Waals surface area contributed by atoms with Crippen LogP contribution in [0.15, 0.2) is 65.3 Å². The van der Waals surface area contributed by atoms with E-state index in [4.69, 9.17) is 5.14 Å². The molecule has 1 aromatic carbocycles. The van der Waals surface area contributed by atoms with E-state index in [2.05, 4.69) is 15.2 Å². The quantitative estimate of drug-likeness (QED) is 0.551. The van der Waals surface area contributed by atoms with Crippen molar-refractivity contribution in [2.24, 2.45) is 5.14 Å². The number of amides is 1. The summed E-state index contributed by atoms with van der Waals surface area (Å²) in [7, 11) is -3.80. The number of nitrogens with one attached hydrogen (secondary N) is 1. The topological polar surface area (TPSA) is 132 Å². The maximum atomic E-state index is 12.4. The summed E-state index contributed by atoms with van der Waals surface area (Å²) in [6, 6.07) is 13.1. The first-order chi connectivity index (χ1) is 13.9. The van der Waals surface area contributed by atoms with Crippen molar-refractivity contribution in [2.75, 3.05) is 36.4 Å². The van der Waals surface area contributed by atoms with Crippen LogP contribution in [0.1, 0.15) is 0 Å². The van der Waals surface area contributed by atoms with Crippen LogP contribution in [0, 0.1) is 11.3 Å². The molecule has 1 aromatic heterocycles. The zero-order valence-electron chi connectivity index (χ0n) is 15.5. The van der Waals surface area contributed by atoms with Crippen molar-refractivity contribution in [3.63, 3.8) is 0 Å². The number of nitriles is 1. The maximum absolute atomic E-state index is 12.4. The van der Waals surface area contributed by atoms with Crippen molar-refractivity contribution >= 4 is 27.4 Å². The van der Waals surface area contributed by atoms with E-state index in [1.807, 2.05) is 29.2 Å². The van der Waals surface area contributed by atoms with Crippen LogP contribution in [0.2, 0.25) is 0 Å². The summed E-state index contributed by atoms with van der Waals surface area (Å²) in [5, 5.41) is 17.0. The molecule has 2 aromatic rings. The summed E-state index contributed by atoms with van der Waals surface area (Å²) in [5.41, 5.74) is 0.329. The van der Waals surface area contributed by atoms with E-state index in [-0.39, 0.29) is 10.5 Å². The van der Waals surface area contributed by atoms with Gasteiger partial charge in [-0.25, -0.2) is 18.5 Å². The number of sulfonamides is 1. The molecule has 1 fully saturated rings. The van der Waals surface area contributed by atoms with E-state index in [9.17, 15) is 18.5 Å². The molecule has 1 aliphatic heterocycles. The van der Waals surface area contributed by atoms with E-state index in [1.54, 1.807) is 12.4 Å². The molecule has 3 rings (SSSR count). The Bertz CT molecular complexity index is 1040. The van der Waals surface area contributed by atoms with Gasteiger partial charge in [0.25, 0.3) is 5.91 Å². The van der Waals surface area contributed by atoms with Crippen LogP contribution < -0.4 is 15.4 Å². The Morgan fingerprint density at radius 3 is 2.38 bits per heavy atom. The fraction of sp³-hybridized carbons (Fsp3) is 0.211. The lowest BCUT2D eigenvalue weighted by atomic mass is 10.2. The number of piperazine rings is 1. The number of primary sulfonamides is 1. The summed E-state index contributed by atoms with van der Waals surface area (Å²) in [6.07, 6.45) is 3.29. The average molecular weight is 412 g/mol. The molecule has 29 heavy (non-hydrogen) atoms. The molecular weight excluding hydrogens is 392 g/mol. The highest BCUT2D eigenvalue weighted by Crippen LogP contribution is 2.15. The number of benzene rings is 1. The molecule has 0 spiro atoms. The van der Waals surface area contributed by atoms with Crippen molar-refractivity contribution in [2.45, 2.75) is 4.90 Å². The van der Waals surface area contributed by atoms with Gasteiger partial charge in [-0.15, -0.1) is 0 Å². The number of hydrogen-bond acceptors (Lipinski definition) is 7. The number of nitrogens with two attached hydrogens (primary N) is 1. The van der Waals surface area contributed by atoms with Crippen LogP contribution in [-0.2, 0) is 14.8 Å². The lowest BCUT2D eigenvalue weighted by Gasteiger charge is -2.34. The molecule has 9 nitrogen and oxygen atoms in total. The predicted molar refractivity (Wildman–Crippen MR) is 108 cm³/mol. The number of rotatable bonds is 5. The average Bonchev–Trinajstić information content (AvgIpc) is 2.73. The molecular formula is C19H20N6O3S. The molecule has 0 unspecified atom stereocenters. The van der Waals surface area contributed by atoms with Gasteiger partial charge < -0.3 is 15.1 Å². The Balaban J connectivity index is 1.61. The standard InChI is InChI=1S/C19H20N6O3S/c20-13-15(19(26)23-16-4-6-17(7-5-16)29(21,27)28)14-24-9-11-25(12-10-24)18-3-1-2-8-22-18/h1-8,14H,9-12H2,(H,23,26)(H2,21,27,28)/b15-14-. The summed E-state index contributed by atoms with van der Waals surface area (Å²) >= 11 is 0. The van der Waals surface area contributed by atoms with Crippen molar-refractivity contribution in [1.29, 1.82) is 5.26 Å². The van der Waals surface area contributed by atoms with Gasteiger partial charge in [0.2, 0.25) is 10.0 Å². The largest absolute Gasteiger partial charge is 0.373 e. The SMILES string of the molecule is N#C/C(=C/N1CCN(c2ccccn2)CC1)C(=O)Nc1ccc(S(N)(=O)=O)cc1.